The first-order valence-electron chi connectivity index (χ1n) is 5.58. The Labute approximate surface area is 109 Å². The number of hydrogen-bond donors (Lipinski definition) is 0. The van der Waals surface area contributed by atoms with Gasteiger partial charge in [0.25, 0.3) is 0 Å². The van der Waals surface area contributed by atoms with Gasteiger partial charge in [0.1, 0.15) is 5.52 Å². The van der Waals surface area contributed by atoms with E-state index in [1.54, 1.807) is 0 Å². The molecule has 0 radical (unpaired) electrons. The normalized spacial score (nSPS) is 11.0. The zero-order valence-electron chi connectivity index (χ0n) is 9.83. The first-order valence-corrected chi connectivity index (χ1v) is 6.37. The van der Waals surface area contributed by atoms with E-state index < -0.39 is 0 Å². The molecule has 1 aromatic carbocycles. The van der Waals surface area contributed by atoms with E-state index in [0.717, 1.165) is 27.0 Å². The number of oxazole rings is 1. The Kier molecular flexibility index (Phi) is 3.49. The summed E-state index contributed by atoms with van der Waals surface area (Å²) in [6.07, 6.45) is 1.16. The summed E-state index contributed by atoms with van der Waals surface area (Å²) in [5.41, 5.74) is 2.70. The van der Waals surface area contributed by atoms with Gasteiger partial charge in [-0.05, 0) is 18.6 Å². The van der Waals surface area contributed by atoms with Crippen LogP contribution in [0.5, 0.6) is 0 Å². The molecule has 1 heterocycles. The Morgan fingerprint density at radius 2 is 2.24 bits per heavy atom. The van der Waals surface area contributed by atoms with Crippen molar-refractivity contribution >= 4 is 27.0 Å². The lowest BCUT2D eigenvalue weighted by Gasteiger charge is -2.01. The number of fused-ring (bicyclic) bond motifs is 1. The van der Waals surface area contributed by atoms with E-state index in [-0.39, 0.29) is 5.92 Å². The number of rotatable bonds is 3. The molecule has 0 unspecified atom stereocenters. The fourth-order valence-corrected chi connectivity index (χ4v) is 2.21. The SMILES string of the molecule is CC(C)c1nc2ccc(Br)c(CCC#N)c2o1. The highest BCUT2D eigenvalue weighted by atomic mass is 79.9. The molecule has 4 heteroatoms. The van der Waals surface area contributed by atoms with E-state index >= 15 is 0 Å². The second-order valence-electron chi connectivity index (χ2n) is 4.24. The lowest BCUT2D eigenvalue weighted by Crippen LogP contribution is -1.87. The largest absolute Gasteiger partial charge is 0.440 e. The van der Waals surface area contributed by atoms with Gasteiger partial charge in [0.05, 0.1) is 6.07 Å². The van der Waals surface area contributed by atoms with Crippen molar-refractivity contribution in [1.82, 2.24) is 4.98 Å². The molecule has 0 aliphatic rings. The van der Waals surface area contributed by atoms with Crippen LogP contribution in [0.15, 0.2) is 21.0 Å². The zero-order chi connectivity index (χ0) is 12.4. The lowest BCUT2D eigenvalue weighted by atomic mass is 10.1. The highest BCUT2D eigenvalue weighted by Gasteiger charge is 2.14. The second kappa shape index (κ2) is 4.89. The third-order valence-corrected chi connectivity index (χ3v) is 3.34. The standard InChI is InChI=1S/C13H13BrN2O/c1-8(2)13-16-11-6-5-10(14)9(4-3-7-15)12(11)17-13/h5-6,8H,3-4H2,1-2H3. The number of benzene rings is 1. The topological polar surface area (TPSA) is 49.8 Å². The smallest absolute Gasteiger partial charge is 0.198 e. The maximum Gasteiger partial charge on any atom is 0.198 e. The first-order chi connectivity index (χ1) is 8.13. The minimum Gasteiger partial charge on any atom is -0.440 e. The van der Waals surface area contributed by atoms with Crippen LogP contribution in [0.4, 0.5) is 0 Å². The molecule has 0 saturated heterocycles. The van der Waals surface area contributed by atoms with Crippen molar-refractivity contribution < 1.29 is 4.42 Å². The van der Waals surface area contributed by atoms with Crippen molar-refractivity contribution in [3.8, 4) is 6.07 Å². The van der Waals surface area contributed by atoms with Crippen molar-refractivity contribution in [3.05, 3.63) is 28.1 Å². The molecule has 0 fully saturated rings. The van der Waals surface area contributed by atoms with Gasteiger partial charge in [-0.3, -0.25) is 0 Å². The van der Waals surface area contributed by atoms with E-state index in [4.69, 9.17) is 9.68 Å². The van der Waals surface area contributed by atoms with Gasteiger partial charge in [-0.1, -0.05) is 29.8 Å². The Balaban J connectivity index is 2.55. The van der Waals surface area contributed by atoms with Crippen molar-refractivity contribution in [3.63, 3.8) is 0 Å². The molecule has 0 bridgehead atoms. The molecule has 2 rings (SSSR count). The average molecular weight is 293 g/mol. The molecule has 0 amide bonds. The number of aryl methyl sites for hydroxylation is 1. The average Bonchev–Trinajstić information content (AvgIpc) is 2.72. The molecule has 0 aliphatic heterocycles. The highest BCUT2D eigenvalue weighted by molar-refractivity contribution is 9.10. The molecular formula is C13H13BrN2O. The van der Waals surface area contributed by atoms with Crippen LogP contribution in [0.3, 0.4) is 0 Å². The maximum absolute atomic E-state index is 8.67. The number of nitrogens with zero attached hydrogens (tertiary/aromatic N) is 2. The van der Waals surface area contributed by atoms with Crippen LogP contribution in [0.1, 0.15) is 37.6 Å². The predicted molar refractivity (Wildman–Crippen MR) is 69.7 cm³/mol. The van der Waals surface area contributed by atoms with Gasteiger partial charge in [0, 0.05) is 22.4 Å². The number of halogens is 1. The van der Waals surface area contributed by atoms with E-state index in [0.29, 0.717) is 12.8 Å². The van der Waals surface area contributed by atoms with Crippen molar-refractivity contribution in [2.45, 2.75) is 32.6 Å². The van der Waals surface area contributed by atoms with Crippen LogP contribution >= 0.6 is 15.9 Å². The van der Waals surface area contributed by atoms with Crippen molar-refractivity contribution in [2.75, 3.05) is 0 Å². The minimum atomic E-state index is 0.269. The number of hydrogen-bond acceptors (Lipinski definition) is 3. The third kappa shape index (κ3) is 2.34. The molecule has 2 aromatic rings. The van der Waals surface area contributed by atoms with Gasteiger partial charge < -0.3 is 4.42 Å². The van der Waals surface area contributed by atoms with Crippen LogP contribution in [-0.4, -0.2) is 4.98 Å². The molecular weight excluding hydrogens is 280 g/mol. The summed E-state index contributed by atoms with van der Waals surface area (Å²) in [6, 6.07) is 6.05. The Morgan fingerprint density at radius 1 is 1.47 bits per heavy atom. The summed E-state index contributed by atoms with van der Waals surface area (Å²) in [5, 5.41) is 8.67. The highest BCUT2D eigenvalue weighted by Crippen LogP contribution is 2.30. The van der Waals surface area contributed by atoms with Gasteiger partial charge in [0.15, 0.2) is 11.5 Å². The summed E-state index contributed by atoms with van der Waals surface area (Å²) < 4.78 is 6.77. The van der Waals surface area contributed by atoms with Gasteiger partial charge in [0.2, 0.25) is 0 Å². The van der Waals surface area contributed by atoms with Crippen LogP contribution in [0.2, 0.25) is 0 Å². The first kappa shape index (κ1) is 12.1. The zero-order valence-corrected chi connectivity index (χ0v) is 11.4. The number of nitriles is 1. The van der Waals surface area contributed by atoms with Gasteiger partial charge >= 0.3 is 0 Å². The second-order valence-corrected chi connectivity index (χ2v) is 5.09. The monoisotopic (exact) mass is 292 g/mol. The molecule has 17 heavy (non-hydrogen) atoms. The quantitative estimate of drug-likeness (QED) is 0.853. The van der Waals surface area contributed by atoms with E-state index in [1.165, 1.54) is 0 Å². The molecule has 0 aliphatic carbocycles. The molecule has 1 aromatic heterocycles. The fourth-order valence-electron chi connectivity index (χ4n) is 1.70. The minimum absolute atomic E-state index is 0.269. The fraction of sp³-hybridized carbons (Fsp3) is 0.385. The van der Waals surface area contributed by atoms with Gasteiger partial charge in [-0.2, -0.15) is 5.26 Å². The number of aromatic nitrogens is 1. The molecule has 0 N–H and O–H groups in total. The molecule has 3 nitrogen and oxygen atoms in total. The van der Waals surface area contributed by atoms with Crippen LogP contribution in [-0.2, 0) is 6.42 Å². The maximum atomic E-state index is 8.67. The van der Waals surface area contributed by atoms with Crippen molar-refractivity contribution in [1.29, 1.82) is 5.26 Å². The van der Waals surface area contributed by atoms with Crippen molar-refractivity contribution in [2.24, 2.45) is 0 Å². The summed E-state index contributed by atoms with van der Waals surface area (Å²) >= 11 is 3.50. The van der Waals surface area contributed by atoms with Crippen LogP contribution < -0.4 is 0 Å². The summed E-state index contributed by atoms with van der Waals surface area (Å²) in [5.74, 6) is 1.02. The molecule has 0 spiro atoms. The van der Waals surface area contributed by atoms with E-state index in [1.807, 2.05) is 12.1 Å². The molecule has 88 valence electrons. The summed E-state index contributed by atoms with van der Waals surface area (Å²) in [4.78, 5) is 4.45. The predicted octanol–water partition coefficient (Wildman–Crippen LogP) is 4.17. The molecule has 0 saturated carbocycles. The Hall–Kier alpha value is -1.34. The molecule has 0 atom stereocenters. The lowest BCUT2D eigenvalue weighted by molar-refractivity contribution is 0.499. The van der Waals surface area contributed by atoms with Crippen LogP contribution in [0, 0.1) is 11.3 Å². The van der Waals surface area contributed by atoms with Gasteiger partial charge in [-0.25, -0.2) is 4.98 Å². The Bertz CT molecular complexity index is 581. The van der Waals surface area contributed by atoms with Gasteiger partial charge in [-0.15, -0.1) is 0 Å². The third-order valence-electron chi connectivity index (χ3n) is 2.60. The summed E-state index contributed by atoms with van der Waals surface area (Å²) in [6.45, 7) is 4.10. The van der Waals surface area contributed by atoms with E-state index in [2.05, 4.69) is 40.8 Å². The summed E-state index contributed by atoms with van der Waals surface area (Å²) in [7, 11) is 0. The Morgan fingerprint density at radius 3 is 2.88 bits per heavy atom. The van der Waals surface area contributed by atoms with E-state index in [9.17, 15) is 0 Å². The van der Waals surface area contributed by atoms with Crippen LogP contribution in [0.25, 0.3) is 11.1 Å².